The smallest absolute Gasteiger partial charge is 0.351 e. The van der Waals surface area contributed by atoms with E-state index in [4.69, 9.17) is 0 Å². The molecular formula is C14H18ClF3N2O. The Hall–Kier alpha value is -1.27. The van der Waals surface area contributed by atoms with Gasteiger partial charge in [-0.15, -0.1) is 12.4 Å². The number of piperidine rings is 1. The van der Waals surface area contributed by atoms with Crippen molar-refractivity contribution in [2.45, 2.75) is 38.0 Å². The molecule has 1 aromatic rings. The molecule has 1 aromatic carbocycles. The summed E-state index contributed by atoms with van der Waals surface area (Å²) in [6.45, 7) is 0.919. The summed E-state index contributed by atoms with van der Waals surface area (Å²) in [5, 5.41) is 5.78. The molecule has 0 spiro atoms. The molecule has 0 aromatic heterocycles. The average molecular weight is 323 g/mol. The van der Waals surface area contributed by atoms with Gasteiger partial charge in [-0.2, -0.15) is 13.2 Å². The summed E-state index contributed by atoms with van der Waals surface area (Å²) >= 11 is 0. The van der Waals surface area contributed by atoms with Crippen molar-refractivity contribution in [1.29, 1.82) is 0 Å². The number of alkyl halides is 3. The second kappa shape index (κ2) is 7.66. The van der Waals surface area contributed by atoms with Gasteiger partial charge in [0.2, 0.25) is 5.91 Å². The lowest BCUT2D eigenvalue weighted by Gasteiger charge is -2.22. The molecule has 7 heteroatoms. The number of amides is 1. The van der Waals surface area contributed by atoms with Crippen molar-refractivity contribution >= 4 is 18.3 Å². The molecule has 2 N–H and O–H groups in total. The zero-order chi connectivity index (χ0) is 14.6. The molecule has 1 aliphatic rings. The van der Waals surface area contributed by atoms with Crippen LogP contribution in [-0.2, 0) is 17.5 Å². The first-order valence-electron chi connectivity index (χ1n) is 6.64. The SMILES string of the molecule is Cl.O=C(NCc1cccc(C(F)(F)F)c1)[C@@H]1CCCCN1. The molecule has 118 valence electrons. The molecule has 0 bridgehead atoms. The van der Waals surface area contributed by atoms with E-state index >= 15 is 0 Å². The van der Waals surface area contributed by atoms with Crippen LogP contribution in [0.2, 0.25) is 0 Å². The third kappa shape index (κ3) is 5.21. The van der Waals surface area contributed by atoms with Crippen LogP contribution in [0, 0.1) is 0 Å². The third-order valence-corrected chi connectivity index (χ3v) is 3.35. The second-order valence-electron chi connectivity index (χ2n) is 4.92. The van der Waals surface area contributed by atoms with Crippen molar-refractivity contribution in [3.05, 3.63) is 35.4 Å². The van der Waals surface area contributed by atoms with Crippen molar-refractivity contribution in [2.24, 2.45) is 0 Å². The van der Waals surface area contributed by atoms with Gasteiger partial charge in [0.25, 0.3) is 0 Å². The summed E-state index contributed by atoms with van der Waals surface area (Å²) in [6.07, 6.45) is -1.54. The Kier molecular flexibility index (Phi) is 6.48. The molecule has 1 atom stereocenters. The van der Waals surface area contributed by atoms with E-state index in [1.807, 2.05) is 0 Å². The van der Waals surface area contributed by atoms with Gasteiger partial charge in [0.05, 0.1) is 11.6 Å². The van der Waals surface area contributed by atoms with E-state index in [1.165, 1.54) is 6.07 Å². The van der Waals surface area contributed by atoms with Gasteiger partial charge in [0.1, 0.15) is 0 Å². The molecule has 21 heavy (non-hydrogen) atoms. The summed E-state index contributed by atoms with van der Waals surface area (Å²) in [4.78, 5) is 11.9. The van der Waals surface area contributed by atoms with E-state index in [0.29, 0.717) is 5.56 Å². The standard InChI is InChI=1S/C14H17F3N2O.ClH/c15-14(16,17)11-5-3-4-10(8-11)9-19-13(20)12-6-1-2-7-18-12;/h3-5,8,12,18H,1-2,6-7,9H2,(H,19,20);1H/t12-;/m0./s1. The molecule has 0 radical (unpaired) electrons. The van der Waals surface area contributed by atoms with Crippen LogP contribution >= 0.6 is 12.4 Å². The van der Waals surface area contributed by atoms with Crippen LogP contribution in [0.1, 0.15) is 30.4 Å². The monoisotopic (exact) mass is 322 g/mol. The van der Waals surface area contributed by atoms with Crippen LogP contribution in [-0.4, -0.2) is 18.5 Å². The minimum absolute atomic E-state index is 0. The second-order valence-corrected chi connectivity index (χ2v) is 4.92. The molecular weight excluding hydrogens is 305 g/mol. The van der Waals surface area contributed by atoms with E-state index in [2.05, 4.69) is 10.6 Å². The van der Waals surface area contributed by atoms with Crippen molar-refractivity contribution in [1.82, 2.24) is 10.6 Å². The van der Waals surface area contributed by atoms with Gasteiger partial charge in [0.15, 0.2) is 0 Å². The lowest BCUT2D eigenvalue weighted by Crippen LogP contribution is -2.46. The van der Waals surface area contributed by atoms with Gasteiger partial charge in [-0.25, -0.2) is 0 Å². The van der Waals surface area contributed by atoms with E-state index in [9.17, 15) is 18.0 Å². The molecule has 1 saturated heterocycles. The summed E-state index contributed by atoms with van der Waals surface area (Å²) in [5.74, 6) is -0.151. The van der Waals surface area contributed by atoms with Crippen molar-refractivity contribution in [3.63, 3.8) is 0 Å². The molecule has 1 aliphatic heterocycles. The van der Waals surface area contributed by atoms with Gasteiger partial charge in [-0.05, 0) is 37.1 Å². The number of benzene rings is 1. The van der Waals surface area contributed by atoms with Crippen LogP contribution in [0.15, 0.2) is 24.3 Å². The Balaban J connectivity index is 0.00000220. The Labute approximate surface area is 127 Å². The molecule has 2 rings (SSSR count). The molecule has 1 heterocycles. The van der Waals surface area contributed by atoms with Crippen LogP contribution in [0.3, 0.4) is 0 Å². The molecule has 0 aliphatic carbocycles. The van der Waals surface area contributed by atoms with Gasteiger partial charge in [0, 0.05) is 6.54 Å². The topological polar surface area (TPSA) is 41.1 Å². The highest BCUT2D eigenvalue weighted by atomic mass is 35.5. The van der Waals surface area contributed by atoms with Gasteiger partial charge >= 0.3 is 6.18 Å². The number of nitrogens with one attached hydrogen (secondary N) is 2. The minimum Gasteiger partial charge on any atom is -0.351 e. The summed E-state index contributed by atoms with van der Waals surface area (Å²) in [7, 11) is 0. The highest BCUT2D eigenvalue weighted by molar-refractivity contribution is 5.85. The molecule has 0 unspecified atom stereocenters. The Bertz CT molecular complexity index is 474. The van der Waals surface area contributed by atoms with E-state index in [-0.39, 0.29) is 30.9 Å². The fraction of sp³-hybridized carbons (Fsp3) is 0.500. The number of rotatable bonds is 3. The summed E-state index contributed by atoms with van der Waals surface area (Å²) in [6, 6.07) is 4.78. The molecule has 1 amide bonds. The first kappa shape index (κ1) is 17.8. The summed E-state index contributed by atoms with van der Waals surface area (Å²) in [5.41, 5.74) is -0.246. The first-order valence-corrected chi connectivity index (χ1v) is 6.64. The molecule has 3 nitrogen and oxygen atoms in total. The van der Waals surface area contributed by atoms with Crippen LogP contribution in [0.5, 0.6) is 0 Å². The number of halogens is 4. The predicted molar refractivity (Wildman–Crippen MR) is 76.2 cm³/mol. The van der Waals surface area contributed by atoms with E-state index in [0.717, 1.165) is 37.9 Å². The quantitative estimate of drug-likeness (QED) is 0.898. The van der Waals surface area contributed by atoms with Gasteiger partial charge < -0.3 is 10.6 Å². The zero-order valence-electron chi connectivity index (χ0n) is 11.4. The lowest BCUT2D eigenvalue weighted by molar-refractivity contribution is -0.137. The maximum atomic E-state index is 12.6. The van der Waals surface area contributed by atoms with Crippen LogP contribution in [0.4, 0.5) is 13.2 Å². The van der Waals surface area contributed by atoms with Crippen molar-refractivity contribution < 1.29 is 18.0 Å². The lowest BCUT2D eigenvalue weighted by atomic mass is 10.0. The highest BCUT2D eigenvalue weighted by Crippen LogP contribution is 2.29. The first-order chi connectivity index (χ1) is 9.47. The fourth-order valence-electron chi connectivity index (χ4n) is 2.25. The van der Waals surface area contributed by atoms with E-state index in [1.54, 1.807) is 6.07 Å². The third-order valence-electron chi connectivity index (χ3n) is 3.35. The van der Waals surface area contributed by atoms with Crippen LogP contribution in [0.25, 0.3) is 0 Å². The number of hydrogen-bond acceptors (Lipinski definition) is 2. The average Bonchev–Trinajstić information content (AvgIpc) is 2.45. The Morgan fingerprint density at radius 1 is 1.33 bits per heavy atom. The molecule has 1 fully saturated rings. The Morgan fingerprint density at radius 3 is 2.71 bits per heavy atom. The van der Waals surface area contributed by atoms with Gasteiger partial charge in [-0.1, -0.05) is 18.6 Å². The van der Waals surface area contributed by atoms with Crippen molar-refractivity contribution in [3.8, 4) is 0 Å². The number of hydrogen-bond donors (Lipinski definition) is 2. The predicted octanol–water partition coefficient (Wildman–Crippen LogP) is 2.89. The minimum atomic E-state index is -4.36. The van der Waals surface area contributed by atoms with Gasteiger partial charge in [-0.3, -0.25) is 4.79 Å². The zero-order valence-corrected chi connectivity index (χ0v) is 12.2. The van der Waals surface area contributed by atoms with E-state index < -0.39 is 11.7 Å². The Morgan fingerprint density at radius 2 is 2.10 bits per heavy atom. The maximum Gasteiger partial charge on any atom is 0.416 e. The fourth-order valence-corrected chi connectivity index (χ4v) is 2.25. The maximum absolute atomic E-state index is 12.6. The van der Waals surface area contributed by atoms with Crippen molar-refractivity contribution in [2.75, 3.05) is 6.54 Å². The normalized spacial score (nSPS) is 18.7. The highest BCUT2D eigenvalue weighted by Gasteiger charge is 2.30. The van der Waals surface area contributed by atoms with Crippen LogP contribution < -0.4 is 10.6 Å². The molecule has 0 saturated carbocycles. The largest absolute Gasteiger partial charge is 0.416 e. The number of carbonyl (C=O) groups is 1. The summed E-state index contributed by atoms with van der Waals surface area (Å²) < 4.78 is 37.7. The number of carbonyl (C=O) groups excluding carboxylic acids is 1.